The van der Waals surface area contributed by atoms with Crippen molar-refractivity contribution in [2.24, 2.45) is 11.7 Å². The number of nitrogens with two attached hydrogens (primary N) is 1. The molecule has 21 heavy (non-hydrogen) atoms. The minimum Gasteiger partial charge on any atom is -0.493 e. The quantitative estimate of drug-likeness (QED) is 0.725. The van der Waals surface area contributed by atoms with Crippen LogP contribution in [0.3, 0.4) is 0 Å². The van der Waals surface area contributed by atoms with Crippen LogP contribution in [-0.4, -0.2) is 31.5 Å². The van der Waals surface area contributed by atoms with Gasteiger partial charge in [0.2, 0.25) is 11.8 Å². The number of primary amides is 1. The lowest BCUT2D eigenvalue weighted by molar-refractivity contribution is -0.120. The third-order valence-electron chi connectivity index (χ3n) is 3.41. The smallest absolute Gasteiger partial charge is 0.228 e. The van der Waals surface area contributed by atoms with Gasteiger partial charge in [-0.2, -0.15) is 0 Å². The van der Waals surface area contributed by atoms with Gasteiger partial charge in [-0.05, 0) is 43.7 Å². The van der Waals surface area contributed by atoms with Gasteiger partial charge in [0.15, 0.2) is 0 Å². The Morgan fingerprint density at radius 2 is 2.10 bits per heavy atom. The number of benzene rings is 1. The number of rotatable bonds is 6. The van der Waals surface area contributed by atoms with Crippen LogP contribution in [0.15, 0.2) is 24.3 Å². The summed E-state index contributed by atoms with van der Waals surface area (Å²) in [6.07, 6.45) is 2.14. The first-order valence-corrected chi connectivity index (χ1v) is 7.18. The van der Waals surface area contributed by atoms with Crippen LogP contribution in [0.1, 0.15) is 19.3 Å². The highest BCUT2D eigenvalue weighted by Gasteiger charge is 2.20. The van der Waals surface area contributed by atoms with Crippen molar-refractivity contribution in [3.05, 3.63) is 24.3 Å². The van der Waals surface area contributed by atoms with Crippen LogP contribution in [0.2, 0.25) is 0 Å². The van der Waals surface area contributed by atoms with Crippen molar-refractivity contribution in [3.8, 4) is 5.75 Å². The van der Waals surface area contributed by atoms with Gasteiger partial charge in [0.1, 0.15) is 5.75 Å². The van der Waals surface area contributed by atoms with Crippen LogP contribution in [0.25, 0.3) is 0 Å². The molecule has 2 amide bonds. The lowest BCUT2D eigenvalue weighted by Gasteiger charge is -2.21. The summed E-state index contributed by atoms with van der Waals surface area (Å²) >= 11 is 0. The molecule has 0 spiro atoms. The number of carbonyl (C=O) groups excluding carboxylic acids is 2. The second-order valence-electron chi connectivity index (χ2n) is 5.12. The minimum atomic E-state index is -0.389. The van der Waals surface area contributed by atoms with Gasteiger partial charge in [-0.1, -0.05) is 0 Å². The summed E-state index contributed by atoms with van der Waals surface area (Å²) in [5.74, 6) is 0.336. The summed E-state index contributed by atoms with van der Waals surface area (Å²) in [4.78, 5) is 22.7. The van der Waals surface area contributed by atoms with E-state index in [0.29, 0.717) is 5.75 Å². The molecule has 114 valence electrons. The van der Waals surface area contributed by atoms with E-state index in [-0.39, 0.29) is 30.8 Å². The average Bonchev–Trinajstić information content (AvgIpc) is 2.49. The van der Waals surface area contributed by atoms with Crippen LogP contribution in [0.5, 0.6) is 5.75 Å². The van der Waals surface area contributed by atoms with E-state index < -0.39 is 0 Å². The Labute approximate surface area is 124 Å². The maximum atomic E-state index is 12.1. The molecule has 1 heterocycles. The zero-order valence-electron chi connectivity index (χ0n) is 11.9. The first-order valence-electron chi connectivity index (χ1n) is 7.18. The lowest BCUT2D eigenvalue weighted by atomic mass is 9.99. The molecule has 6 nitrogen and oxygen atoms in total. The Balaban J connectivity index is 1.81. The fourth-order valence-electron chi connectivity index (χ4n) is 2.22. The molecule has 2 rings (SSSR count). The first-order chi connectivity index (χ1) is 10.1. The van der Waals surface area contributed by atoms with Crippen LogP contribution in [-0.2, 0) is 9.59 Å². The van der Waals surface area contributed by atoms with Gasteiger partial charge in [0.05, 0.1) is 18.9 Å². The van der Waals surface area contributed by atoms with Gasteiger partial charge in [-0.15, -0.1) is 0 Å². The molecule has 0 radical (unpaired) electrons. The van der Waals surface area contributed by atoms with Crippen LogP contribution >= 0.6 is 0 Å². The molecule has 1 saturated heterocycles. The molecule has 0 aliphatic carbocycles. The van der Waals surface area contributed by atoms with Crippen molar-refractivity contribution >= 4 is 17.5 Å². The third kappa shape index (κ3) is 5.07. The number of carbonyl (C=O) groups is 2. The SMILES string of the molecule is NC(=O)CCOc1ccc(NC(=O)[C@@H]2CCCNC2)cc1. The van der Waals surface area contributed by atoms with Crippen LogP contribution in [0.4, 0.5) is 5.69 Å². The van der Waals surface area contributed by atoms with Crippen molar-refractivity contribution in [2.45, 2.75) is 19.3 Å². The molecular formula is C15H21N3O3. The van der Waals surface area contributed by atoms with E-state index in [2.05, 4.69) is 10.6 Å². The highest BCUT2D eigenvalue weighted by molar-refractivity contribution is 5.92. The van der Waals surface area contributed by atoms with E-state index in [1.54, 1.807) is 24.3 Å². The summed E-state index contributed by atoms with van der Waals surface area (Å²) < 4.78 is 5.37. The molecule has 0 bridgehead atoms. The first kappa shape index (κ1) is 15.3. The summed E-state index contributed by atoms with van der Waals surface area (Å²) in [5, 5.41) is 6.13. The fourth-order valence-corrected chi connectivity index (χ4v) is 2.22. The van der Waals surface area contributed by atoms with Crippen LogP contribution in [0, 0.1) is 5.92 Å². The van der Waals surface area contributed by atoms with E-state index >= 15 is 0 Å². The Morgan fingerprint density at radius 1 is 1.33 bits per heavy atom. The monoisotopic (exact) mass is 291 g/mol. The zero-order chi connectivity index (χ0) is 15.1. The summed E-state index contributed by atoms with van der Waals surface area (Å²) in [6.45, 7) is 1.98. The van der Waals surface area contributed by atoms with E-state index in [1.807, 2.05) is 0 Å². The standard InChI is InChI=1S/C15H21N3O3/c16-14(19)7-9-21-13-5-3-12(4-6-13)18-15(20)11-2-1-8-17-10-11/h3-6,11,17H,1-2,7-10H2,(H2,16,19)(H,18,20)/t11-/m1/s1. The van der Waals surface area contributed by atoms with Crippen molar-refractivity contribution in [2.75, 3.05) is 25.0 Å². The molecule has 0 saturated carbocycles. The highest BCUT2D eigenvalue weighted by atomic mass is 16.5. The number of nitrogens with one attached hydrogen (secondary N) is 2. The highest BCUT2D eigenvalue weighted by Crippen LogP contribution is 2.18. The van der Waals surface area contributed by atoms with Crippen molar-refractivity contribution < 1.29 is 14.3 Å². The third-order valence-corrected chi connectivity index (χ3v) is 3.41. The number of anilines is 1. The molecule has 1 aromatic rings. The van der Waals surface area contributed by atoms with Gasteiger partial charge in [0.25, 0.3) is 0 Å². The second kappa shape index (κ2) is 7.64. The van der Waals surface area contributed by atoms with E-state index in [4.69, 9.17) is 10.5 Å². The largest absolute Gasteiger partial charge is 0.493 e. The summed E-state index contributed by atoms with van der Waals surface area (Å²) in [5.41, 5.74) is 5.78. The molecule has 1 aliphatic heterocycles. The van der Waals surface area contributed by atoms with Crippen molar-refractivity contribution in [3.63, 3.8) is 0 Å². The molecule has 1 fully saturated rings. The van der Waals surface area contributed by atoms with Gasteiger partial charge >= 0.3 is 0 Å². The maximum Gasteiger partial charge on any atom is 0.228 e. The maximum absolute atomic E-state index is 12.1. The Morgan fingerprint density at radius 3 is 2.71 bits per heavy atom. The number of amides is 2. The van der Waals surface area contributed by atoms with Gasteiger partial charge in [0, 0.05) is 12.2 Å². The van der Waals surface area contributed by atoms with E-state index in [1.165, 1.54) is 0 Å². The number of hydrogen-bond acceptors (Lipinski definition) is 4. The number of ether oxygens (including phenoxy) is 1. The average molecular weight is 291 g/mol. The normalized spacial score (nSPS) is 18.0. The summed E-state index contributed by atoms with van der Waals surface area (Å²) in [6, 6.07) is 7.09. The van der Waals surface area contributed by atoms with Crippen molar-refractivity contribution in [1.29, 1.82) is 0 Å². The fraction of sp³-hybridized carbons (Fsp3) is 0.467. The van der Waals surface area contributed by atoms with Gasteiger partial charge < -0.3 is 21.1 Å². The number of hydrogen-bond donors (Lipinski definition) is 3. The van der Waals surface area contributed by atoms with E-state index in [0.717, 1.165) is 31.6 Å². The van der Waals surface area contributed by atoms with Crippen molar-refractivity contribution in [1.82, 2.24) is 5.32 Å². The molecule has 1 aromatic carbocycles. The zero-order valence-corrected chi connectivity index (χ0v) is 11.9. The van der Waals surface area contributed by atoms with Gasteiger partial charge in [-0.3, -0.25) is 9.59 Å². The molecule has 4 N–H and O–H groups in total. The molecule has 0 aromatic heterocycles. The molecule has 1 atom stereocenters. The predicted octanol–water partition coefficient (Wildman–Crippen LogP) is 0.879. The Kier molecular flexibility index (Phi) is 5.57. The number of piperidine rings is 1. The lowest BCUT2D eigenvalue weighted by Crippen LogP contribution is -2.37. The summed E-state index contributed by atoms with van der Waals surface area (Å²) in [7, 11) is 0. The van der Waals surface area contributed by atoms with Gasteiger partial charge in [-0.25, -0.2) is 0 Å². The topological polar surface area (TPSA) is 93.5 Å². The molecular weight excluding hydrogens is 270 g/mol. The Bertz CT molecular complexity index is 481. The minimum absolute atomic E-state index is 0.0326. The van der Waals surface area contributed by atoms with Crippen LogP contribution < -0.4 is 21.1 Å². The van der Waals surface area contributed by atoms with E-state index in [9.17, 15) is 9.59 Å². The predicted molar refractivity (Wildman–Crippen MR) is 80.0 cm³/mol. The second-order valence-corrected chi connectivity index (χ2v) is 5.12. The molecule has 6 heteroatoms. The Hall–Kier alpha value is -2.08. The molecule has 1 aliphatic rings. The molecule has 0 unspecified atom stereocenters.